The fourth-order valence-corrected chi connectivity index (χ4v) is 1.02. The first-order valence-corrected chi connectivity index (χ1v) is 3.50. The third-order valence-electron chi connectivity index (χ3n) is 1.32. The molecule has 0 saturated heterocycles. The smallest absolute Gasteiger partial charge is 0.126 e. The number of benzene rings is 1. The molecule has 1 aromatic carbocycles. The number of hydrogen-bond donors (Lipinski definition) is 1. The molecule has 0 fully saturated rings. The fourth-order valence-electron chi connectivity index (χ4n) is 0.787. The van der Waals surface area contributed by atoms with Crippen LogP contribution in [0.25, 0.3) is 0 Å². The Hall–Kier alpha value is -0.590. The summed E-state index contributed by atoms with van der Waals surface area (Å²) in [6, 6.07) is 7.68. The van der Waals surface area contributed by atoms with Crippen LogP contribution in [-0.2, 0) is 6.54 Å². The van der Waals surface area contributed by atoms with Gasteiger partial charge >= 0.3 is 0 Å². The van der Waals surface area contributed by atoms with Gasteiger partial charge in [0.25, 0.3) is 0 Å². The average Bonchev–Trinajstić information content (AvgIpc) is 2.04. The van der Waals surface area contributed by atoms with Gasteiger partial charge in [0.1, 0.15) is 5.75 Å². The van der Waals surface area contributed by atoms with Gasteiger partial charge in [-0.25, -0.2) is 0 Å². The topological polar surface area (TPSA) is 35.2 Å². The summed E-state index contributed by atoms with van der Waals surface area (Å²) in [7, 11) is 2.20. The third-order valence-corrected chi connectivity index (χ3v) is 1.57. The highest BCUT2D eigenvalue weighted by Gasteiger charge is 1.95. The summed E-state index contributed by atoms with van der Waals surface area (Å²) < 4.78 is 4.97. The van der Waals surface area contributed by atoms with Gasteiger partial charge in [0, 0.05) is 12.1 Å². The van der Waals surface area contributed by atoms with Crippen molar-refractivity contribution in [3.8, 4) is 5.75 Å². The first-order chi connectivity index (χ1) is 4.88. The Morgan fingerprint density at radius 1 is 1.40 bits per heavy atom. The molecule has 0 aliphatic heterocycles. The second-order valence-corrected chi connectivity index (χ2v) is 2.17. The van der Waals surface area contributed by atoms with Gasteiger partial charge in [0.15, 0.2) is 0 Å². The van der Waals surface area contributed by atoms with E-state index in [-0.39, 0.29) is 0 Å². The zero-order valence-electron chi connectivity index (χ0n) is 5.58. The molecular formula is C7H10NOP. The van der Waals surface area contributed by atoms with Crippen LogP contribution in [0.1, 0.15) is 5.56 Å². The lowest BCUT2D eigenvalue weighted by molar-refractivity contribution is 0.634. The van der Waals surface area contributed by atoms with Crippen molar-refractivity contribution in [2.24, 2.45) is 5.73 Å². The molecule has 1 rings (SSSR count). The Morgan fingerprint density at radius 3 is 2.60 bits per heavy atom. The zero-order chi connectivity index (χ0) is 7.40. The molecule has 54 valence electrons. The van der Waals surface area contributed by atoms with Crippen molar-refractivity contribution in [3.63, 3.8) is 0 Å². The van der Waals surface area contributed by atoms with Crippen LogP contribution in [0.2, 0.25) is 0 Å². The van der Waals surface area contributed by atoms with E-state index in [1.54, 1.807) is 0 Å². The summed E-state index contributed by atoms with van der Waals surface area (Å²) in [5, 5.41) is 0. The van der Waals surface area contributed by atoms with Gasteiger partial charge in [-0.2, -0.15) is 0 Å². The van der Waals surface area contributed by atoms with E-state index in [0.717, 1.165) is 11.3 Å². The van der Waals surface area contributed by atoms with Crippen molar-refractivity contribution >= 4 is 9.47 Å². The quantitative estimate of drug-likeness (QED) is 0.653. The average molecular weight is 155 g/mol. The number of rotatable bonds is 2. The predicted octanol–water partition coefficient (Wildman–Crippen LogP) is 1.31. The summed E-state index contributed by atoms with van der Waals surface area (Å²) >= 11 is 0. The van der Waals surface area contributed by atoms with Crippen molar-refractivity contribution < 1.29 is 4.52 Å². The highest BCUT2D eigenvalue weighted by atomic mass is 31.0. The summed E-state index contributed by atoms with van der Waals surface area (Å²) in [5.74, 6) is 0.829. The monoisotopic (exact) mass is 155 g/mol. The Bertz CT molecular complexity index is 192. The highest BCUT2D eigenvalue weighted by Crippen LogP contribution is 2.18. The van der Waals surface area contributed by atoms with Gasteiger partial charge in [-0.15, -0.1) is 0 Å². The van der Waals surface area contributed by atoms with Crippen LogP contribution in [0.5, 0.6) is 5.75 Å². The Morgan fingerprint density at radius 2 is 2.10 bits per heavy atom. The Kier molecular flexibility index (Phi) is 2.67. The van der Waals surface area contributed by atoms with Crippen LogP contribution in [0.3, 0.4) is 0 Å². The molecule has 0 heterocycles. The minimum Gasteiger partial charge on any atom is -0.480 e. The Balaban J connectivity index is 2.96. The van der Waals surface area contributed by atoms with Crippen LogP contribution < -0.4 is 10.3 Å². The molecule has 2 N–H and O–H groups in total. The molecule has 0 saturated carbocycles. The maximum absolute atomic E-state index is 5.44. The lowest BCUT2D eigenvalue weighted by Gasteiger charge is -2.03. The van der Waals surface area contributed by atoms with Gasteiger partial charge < -0.3 is 10.3 Å². The van der Waals surface area contributed by atoms with Crippen LogP contribution in [0.4, 0.5) is 0 Å². The zero-order valence-corrected chi connectivity index (χ0v) is 6.73. The summed E-state index contributed by atoms with van der Waals surface area (Å²) in [4.78, 5) is 0. The Labute approximate surface area is 62.7 Å². The maximum atomic E-state index is 5.44. The molecule has 0 spiro atoms. The lowest BCUT2D eigenvalue weighted by atomic mass is 10.2. The number of nitrogens with two attached hydrogens (primary N) is 1. The van der Waals surface area contributed by atoms with Crippen LogP contribution in [0, 0.1) is 0 Å². The molecule has 0 aliphatic rings. The van der Waals surface area contributed by atoms with E-state index in [0.29, 0.717) is 6.54 Å². The largest absolute Gasteiger partial charge is 0.480 e. The molecule has 1 atom stereocenters. The standard InChI is InChI=1S/C7H10NOP/c8-5-6-3-1-2-4-7(6)9-10/h1-4H,5,8,10H2. The first kappa shape index (κ1) is 7.52. The normalized spacial score (nSPS) is 9.40. The molecule has 0 aromatic heterocycles. The maximum Gasteiger partial charge on any atom is 0.126 e. The molecule has 0 amide bonds. The van der Waals surface area contributed by atoms with Crippen molar-refractivity contribution in [1.29, 1.82) is 0 Å². The van der Waals surface area contributed by atoms with Gasteiger partial charge in [0.05, 0.1) is 9.47 Å². The van der Waals surface area contributed by atoms with Gasteiger partial charge in [-0.1, -0.05) is 18.2 Å². The molecule has 0 radical (unpaired) electrons. The van der Waals surface area contributed by atoms with Crippen molar-refractivity contribution in [2.45, 2.75) is 6.54 Å². The van der Waals surface area contributed by atoms with Crippen molar-refractivity contribution in [1.82, 2.24) is 0 Å². The molecule has 1 unspecified atom stereocenters. The summed E-state index contributed by atoms with van der Waals surface area (Å²) in [5.41, 5.74) is 6.46. The molecule has 1 aromatic rings. The van der Waals surface area contributed by atoms with Crippen LogP contribution >= 0.6 is 9.47 Å². The predicted molar refractivity (Wildman–Crippen MR) is 44.7 cm³/mol. The SMILES string of the molecule is NCc1ccccc1OP. The molecular weight excluding hydrogens is 145 g/mol. The molecule has 3 heteroatoms. The fraction of sp³-hybridized carbons (Fsp3) is 0.143. The van der Waals surface area contributed by atoms with Gasteiger partial charge in [-0.3, -0.25) is 0 Å². The summed E-state index contributed by atoms with van der Waals surface area (Å²) in [6.07, 6.45) is 0. The number of hydrogen-bond acceptors (Lipinski definition) is 2. The molecule has 2 nitrogen and oxygen atoms in total. The van der Waals surface area contributed by atoms with Crippen molar-refractivity contribution in [3.05, 3.63) is 29.8 Å². The highest BCUT2D eigenvalue weighted by molar-refractivity contribution is 7.10. The van der Waals surface area contributed by atoms with E-state index >= 15 is 0 Å². The van der Waals surface area contributed by atoms with Gasteiger partial charge in [-0.05, 0) is 6.07 Å². The molecule has 0 aliphatic carbocycles. The van der Waals surface area contributed by atoms with E-state index in [1.165, 1.54) is 0 Å². The van der Waals surface area contributed by atoms with E-state index in [1.807, 2.05) is 24.3 Å². The number of para-hydroxylation sites is 1. The molecule has 10 heavy (non-hydrogen) atoms. The van der Waals surface area contributed by atoms with Crippen molar-refractivity contribution in [2.75, 3.05) is 0 Å². The van der Waals surface area contributed by atoms with E-state index < -0.39 is 0 Å². The first-order valence-electron chi connectivity index (χ1n) is 3.03. The van der Waals surface area contributed by atoms with Crippen LogP contribution in [-0.4, -0.2) is 0 Å². The second kappa shape index (κ2) is 3.55. The van der Waals surface area contributed by atoms with Crippen LogP contribution in [0.15, 0.2) is 24.3 Å². The minimum absolute atomic E-state index is 0.518. The van der Waals surface area contributed by atoms with E-state index in [9.17, 15) is 0 Å². The molecule has 0 bridgehead atoms. The third kappa shape index (κ3) is 1.47. The second-order valence-electron chi connectivity index (χ2n) is 1.93. The minimum atomic E-state index is 0.518. The van der Waals surface area contributed by atoms with Gasteiger partial charge in [0.2, 0.25) is 0 Å². The summed E-state index contributed by atoms with van der Waals surface area (Å²) in [6.45, 7) is 0.518. The van der Waals surface area contributed by atoms with E-state index in [2.05, 4.69) is 9.47 Å². The van der Waals surface area contributed by atoms with E-state index in [4.69, 9.17) is 10.3 Å². The lowest BCUT2D eigenvalue weighted by Crippen LogP contribution is -1.97.